The zero-order valence-corrected chi connectivity index (χ0v) is 7.23. The van der Waals surface area contributed by atoms with E-state index in [1.165, 1.54) is 0 Å². The van der Waals surface area contributed by atoms with E-state index in [1.54, 1.807) is 0 Å². The molecule has 0 aliphatic heterocycles. The van der Waals surface area contributed by atoms with E-state index in [0.717, 1.165) is 17.0 Å². The van der Waals surface area contributed by atoms with Gasteiger partial charge >= 0.3 is 0 Å². The molecular formula is C9H15N. The normalized spacial score (nSPS) is 11.0. The molecule has 0 rings (SSSR count). The Balaban J connectivity index is 4.42. The maximum atomic E-state index is 4.27. The zero-order chi connectivity index (χ0) is 8.15. The van der Waals surface area contributed by atoms with Crippen LogP contribution in [0.3, 0.4) is 0 Å². The molecule has 10 heavy (non-hydrogen) atoms. The lowest BCUT2D eigenvalue weighted by Gasteiger charge is -1.98. The van der Waals surface area contributed by atoms with Crippen molar-refractivity contribution in [2.24, 2.45) is 4.99 Å². The van der Waals surface area contributed by atoms with Crippen LogP contribution < -0.4 is 0 Å². The summed E-state index contributed by atoms with van der Waals surface area (Å²) in [4.78, 5) is 4.27. The highest BCUT2D eigenvalue weighted by atomic mass is 14.7. The van der Waals surface area contributed by atoms with E-state index in [4.69, 9.17) is 0 Å². The van der Waals surface area contributed by atoms with Crippen molar-refractivity contribution in [3.63, 3.8) is 0 Å². The molecule has 0 heterocycles. The molecule has 0 fully saturated rings. The molecule has 0 aliphatic rings. The summed E-state index contributed by atoms with van der Waals surface area (Å²) in [7, 11) is 0. The molecule has 0 N–H and O–H groups in total. The fraction of sp³-hybridized carbons (Fsp3) is 0.444. The second kappa shape index (κ2) is 4.04. The molecule has 1 nitrogen and oxygen atoms in total. The van der Waals surface area contributed by atoms with Gasteiger partial charge in [0.15, 0.2) is 0 Å². The summed E-state index contributed by atoms with van der Waals surface area (Å²) < 4.78 is 0. The van der Waals surface area contributed by atoms with Crippen molar-refractivity contribution in [3.05, 3.63) is 23.9 Å². The summed E-state index contributed by atoms with van der Waals surface area (Å²) in [6, 6.07) is 0. The third kappa shape index (κ3) is 3.23. The summed E-state index contributed by atoms with van der Waals surface area (Å²) in [6.07, 6.45) is 1.97. The molecule has 0 aromatic heterocycles. The first kappa shape index (κ1) is 9.15. The van der Waals surface area contributed by atoms with Gasteiger partial charge < -0.3 is 0 Å². The van der Waals surface area contributed by atoms with Crippen molar-refractivity contribution in [3.8, 4) is 0 Å². The van der Waals surface area contributed by atoms with Crippen LogP contribution in [0.15, 0.2) is 28.9 Å². The monoisotopic (exact) mass is 137 g/mol. The van der Waals surface area contributed by atoms with E-state index in [1.807, 2.05) is 33.8 Å². The highest BCUT2D eigenvalue weighted by Crippen LogP contribution is 2.07. The average Bonchev–Trinajstić information content (AvgIpc) is 1.81. The van der Waals surface area contributed by atoms with Gasteiger partial charge in [-0.1, -0.05) is 12.7 Å². The third-order valence-corrected chi connectivity index (χ3v) is 1.05. The van der Waals surface area contributed by atoms with Crippen LogP contribution in [0, 0.1) is 0 Å². The van der Waals surface area contributed by atoms with Gasteiger partial charge in [0.25, 0.3) is 0 Å². The first-order valence-corrected chi connectivity index (χ1v) is 3.42. The Morgan fingerprint density at radius 1 is 1.30 bits per heavy atom. The Morgan fingerprint density at radius 3 is 1.90 bits per heavy atom. The molecule has 0 aliphatic carbocycles. The molecule has 1 heteroatoms. The van der Waals surface area contributed by atoms with Gasteiger partial charge in [-0.2, -0.15) is 0 Å². The SMILES string of the molecule is C=C(C)/C(=C/C)N=C(C)C. The molecule has 0 amide bonds. The first-order valence-electron chi connectivity index (χ1n) is 3.42. The highest BCUT2D eigenvalue weighted by molar-refractivity contribution is 5.80. The molecule has 0 spiro atoms. The predicted molar refractivity (Wildman–Crippen MR) is 47.4 cm³/mol. The average molecular weight is 137 g/mol. The van der Waals surface area contributed by atoms with Crippen LogP contribution in [0.2, 0.25) is 0 Å². The zero-order valence-electron chi connectivity index (χ0n) is 7.23. The minimum Gasteiger partial charge on any atom is -0.259 e. The van der Waals surface area contributed by atoms with Gasteiger partial charge in [0.1, 0.15) is 0 Å². The summed E-state index contributed by atoms with van der Waals surface area (Å²) in [5.74, 6) is 0. The Kier molecular flexibility index (Phi) is 3.70. The standard InChI is InChI=1S/C9H15N/c1-6-9(7(2)3)10-8(4)5/h6H,2H2,1,3-5H3/b9-6-. The minimum atomic E-state index is 0.986. The molecule has 0 unspecified atom stereocenters. The fourth-order valence-corrected chi connectivity index (χ4v) is 0.647. The van der Waals surface area contributed by atoms with E-state index in [-0.39, 0.29) is 0 Å². The smallest absolute Gasteiger partial charge is 0.0609 e. The van der Waals surface area contributed by atoms with Gasteiger partial charge in [0, 0.05) is 5.71 Å². The lowest BCUT2D eigenvalue weighted by atomic mass is 10.2. The molecule has 0 bridgehead atoms. The highest BCUT2D eigenvalue weighted by Gasteiger charge is 1.91. The predicted octanol–water partition coefficient (Wildman–Crippen LogP) is 2.95. The maximum absolute atomic E-state index is 4.27. The van der Waals surface area contributed by atoms with Gasteiger partial charge in [0.2, 0.25) is 0 Å². The number of rotatable bonds is 2. The van der Waals surface area contributed by atoms with E-state index in [0.29, 0.717) is 0 Å². The molecule has 0 aromatic rings. The van der Waals surface area contributed by atoms with Crippen LogP contribution in [0.5, 0.6) is 0 Å². The Bertz CT molecular complexity index is 181. The van der Waals surface area contributed by atoms with E-state index < -0.39 is 0 Å². The van der Waals surface area contributed by atoms with Crippen LogP contribution in [0.4, 0.5) is 0 Å². The van der Waals surface area contributed by atoms with Crippen molar-refractivity contribution >= 4 is 5.71 Å². The number of nitrogens with zero attached hydrogens (tertiary/aromatic N) is 1. The largest absolute Gasteiger partial charge is 0.259 e. The van der Waals surface area contributed by atoms with Crippen LogP contribution >= 0.6 is 0 Å². The van der Waals surface area contributed by atoms with Crippen LogP contribution in [0.25, 0.3) is 0 Å². The Morgan fingerprint density at radius 2 is 1.80 bits per heavy atom. The van der Waals surface area contributed by atoms with Crippen molar-refractivity contribution < 1.29 is 0 Å². The fourth-order valence-electron chi connectivity index (χ4n) is 0.647. The van der Waals surface area contributed by atoms with Crippen molar-refractivity contribution in [2.75, 3.05) is 0 Å². The molecular weight excluding hydrogens is 122 g/mol. The molecule has 0 saturated heterocycles. The van der Waals surface area contributed by atoms with Crippen LogP contribution in [-0.4, -0.2) is 5.71 Å². The van der Waals surface area contributed by atoms with Crippen LogP contribution in [0.1, 0.15) is 27.7 Å². The maximum Gasteiger partial charge on any atom is 0.0609 e. The quantitative estimate of drug-likeness (QED) is 0.410. The Hall–Kier alpha value is -0.850. The molecule has 0 radical (unpaired) electrons. The van der Waals surface area contributed by atoms with Crippen molar-refractivity contribution in [2.45, 2.75) is 27.7 Å². The van der Waals surface area contributed by atoms with Gasteiger partial charge in [0.05, 0.1) is 5.70 Å². The van der Waals surface area contributed by atoms with E-state index in [2.05, 4.69) is 11.6 Å². The van der Waals surface area contributed by atoms with Gasteiger partial charge in [-0.25, -0.2) is 0 Å². The Labute approximate surface area is 63.2 Å². The number of hydrogen-bond acceptors (Lipinski definition) is 1. The van der Waals surface area contributed by atoms with Crippen molar-refractivity contribution in [1.29, 1.82) is 0 Å². The topological polar surface area (TPSA) is 12.4 Å². The summed E-state index contributed by atoms with van der Waals surface area (Å²) in [6.45, 7) is 11.7. The lowest BCUT2D eigenvalue weighted by Crippen LogP contribution is -1.85. The lowest BCUT2D eigenvalue weighted by molar-refractivity contribution is 1.27. The summed E-state index contributed by atoms with van der Waals surface area (Å²) >= 11 is 0. The van der Waals surface area contributed by atoms with Crippen LogP contribution in [-0.2, 0) is 0 Å². The minimum absolute atomic E-state index is 0.986. The second-order valence-corrected chi connectivity index (χ2v) is 2.51. The van der Waals surface area contributed by atoms with E-state index >= 15 is 0 Å². The van der Waals surface area contributed by atoms with Gasteiger partial charge in [-0.05, 0) is 33.3 Å². The van der Waals surface area contributed by atoms with Crippen molar-refractivity contribution in [1.82, 2.24) is 0 Å². The third-order valence-electron chi connectivity index (χ3n) is 1.05. The van der Waals surface area contributed by atoms with Gasteiger partial charge in [-0.3, -0.25) is 4.99 Å². The molecule has 0 aromatic carbocycles. The summed E-state index contributed by atoms with van der Waals surface area (Å²) in [5.41, 5.74) is 3.07. The molecule has 56 valence electrons. The second-order valence-electron chi connectivity index (χ2n) is 2.51. The summed E-state index contributed by atoms with van der Waals surface area (Å²) in [5, 5.41) is 0. The first-order chi connectivity index (χ1) is 4.57. The molecule has 0 saturated carbocycles. The number of allylic oxidation sites excluding steroid dienone is 2. The van der Waals surface area contributed by atoms with E-state index in [9.17, 15) is 0 Å². The number of hydrogen-bond donors (Lipinski definition) is 0. The van der Waals surface area contributed by atoms with Gasteiger partial charge in [-0.15, -0.1) is 0 Å². The molecule has 0 atom stereocenters. The number of aliphatic imine (C=N–C) groups is 1.